The number of aromatic nitrogens is 1. The van der Waals surface area contributed by atoms with Crippen LogP contribution in [-0.4, -0.2) is 59.5 Å². The van der Waals surface area contributed by atoms with E-state index in [1.807, 2.05) is 19.1 Å². The van der Waals surface area contributed by atoms with E-state index in [2.05, 4.69) is 15.4 Å². The fourth-order valence-electron chi connectivity index (χ4n) is 3.86. The van der Waals surface area contributed by atoms with E-state index in [-0.39, 0.29) is 24.4 Å². The number of nitrogens with one attached hydrogen (secondary N) is 1. The second kappa shape index (κ2) is 10.7. The van der Waals surface area contributed by atoms with Crippen molar-refractivity contribution in [1.29, 1.82) is 0 Å². The van der Waals surface area contributed by atoms with Crippen molar-refractivity contribution in [2.75, 3.05) is 31.6 Å². The van der Waals surface area contributed by atoms with Crippen molar-refractivity contribution in [1.82, 2.24) is 10.1 Å². The molecule has 2 heterocycles. The number of amides is 1. The van der Waals surface area contributed by atoms with Gasteiger partial charge in [0.05, 0.1) is 11.9 Å². The second-order valence-corrected chi connectivity index (χ2v) is 8.46. The second-order valence-electron chi connectivity index (χ2n) is 8.46. The van der Waals surface area contributed by atoms with Gasteiger partial charge in [-0.1, -0.05) is 11.2 Å². The molecule has 0 aliphatic carbocycles. The highest BCUT2D eigenvalue weighted by Gasteiger charge is 2.26. The van der Waals surface area contributed by atoms with Gasteiger partial charge in [-0.15, -0.1) is 0 Å². The predicted octanol–water partition coefficient (Wildman–Crippen LogP) is 3.58. The summed E-state index contributed by atoms with van der Waals surface area (Å²) in [5.74, 6) is 0.883. The van der Waals surface area contributed by atoms with Gasteiger partial charge in [0.15, 0.2) is 0 Å². The molecular weight excluding hydrogens is 441 g/mol. The summed E-state index contributed by atoms with van der Waals surface area (Å²) in [5, 5.41) is 17.0. The van der Waals surface area contributed by atoms with Gasteiger partial charge in [-0.2, -0.15) is 0 Å². The van der Waals surface area contributed by atoms with Gasteiger partial charge >= 0.3 is 0 Å². The Morgan fingerprint density at radius 2 is 2.09 bits per heavy atom. The monoisotopic (exact) mass is 469 g/mol. The molecule has 180 valence electrons. The Morgan fingerprint density at radius 3 is 2.82 bits per heavy atom. The molecule has 8 nitrogen and oxygen atoms in total. The van der Waals surface area contributed by atoms with E-state index in [1.165, 1.54) is 18.3 Å². The Balaban J connectivity index is 1.28. The van der Waals surface area contributed by atoms with Gasteiger partial charge in [0.1, 0.15) is 47.5 Å². The van der Waals surface area contributed by atoms with Crippen molar-refractivity contribution < 1.29 is 28.3 Å². The number of carbonyl (C=O) groups excluding carboxylic acids is 1. The third-order valence-electron chi connectivity index (χ3n) is 5.63. The minimum Gasteiger partial charge on any atom is -0.489 e. The molecule has 34 heavy (non-hydrogen) atoms. The molecule has 1 saturated heterocycles. The summed E-state index contributed by atoms with van der Waals surface area (Å²) >= 11 is 0. The molecule has 1 fully saturated rings. The van der Waals surface area contributed by atoms with E-state index in [0.717, 1.165) is 18.5 Å². The van der Waals surface area contributed by atoms with Crippen LogP contribution in [0, 0.1) is 19.7 Å². The van der Waals surface area contributed by atoms with Crippen LogP contribution >= 0.6 is 0 Å². The zero-order chi connectivity index (χ0) is 24.1. The topological polar surface area (TPSA) is 97.1 Å². The first-order chi connectivity index (χ1) is 16.4. The highest BCUT2D eigenvalue weighted by atomic mass is 19.1. The van der Waals surface area contributed by atoms with Gasteiger partial charge in [0, 0.05) is 19.6 Å². The highest BCUT2D eigenvalue weighted by molar-refractivity contribution is 6.05. The van der Waals surface area contributed by atoms with E-state index in [9.17, 15) is 14.3 Å². The van der Waals surface area contributed by atoms with E-state index < -0.39 is 6.10 Å². The standard InChI is InChI=1S/C25H28FN3O5/c1-16-3-8-23(28-25(31)22-12-27-34-17(22)2)24(11-16)32-15-19(30)13-29-10-9-21(14-29)33-20-6-4-18(26)5-7-20/h3-8,11-12,19,21,30H,9-10,13-15H2,1-2H3,(H,28,31). The number of benzene rings is 2. The summed E-state index contributed by atoms with van der Waals surface area (Å²) in [6.07, 6.45) is 1.44. The maximum atomic E-state index is 13.1. The Kier molecular flexibility index (Phi) is 7.44. The molecule has 0 saturated carbocycles. The van der Waals surface area contributed by atoms with Gasteiger partial charge in [0.2, 0.25) is 0 Å². The van der Waals surface area contributed by atoms with E-state index in [0.29, 0.717) is 41.6 Å². The number of aliphatic hydroxyl groups excluding tert-OH is 1. The van der Waals surface area contributed by atoms with E-state index >= 15 is 0 Å². The van der Waals surface area contributed by atoms with Crippen LogP contribution in [0.3, 0.4) is 0 Å². The van der Waals surface area contributed by atoms with Crippen LogP contribution in [0.25, 0.3) is 0 Å². The largest absolute Gasteiger partial charge is 0.489 e. The molecule has 2 aromatic carbocycles. The molecule has 1 amide bonds. The minimum atomic E-state index is -0.728. The molecule has 0 radical (unpaired) electrons. The fourth-order valence-corrected chi connectivity index (χ4v) is 3.86. The van der Waals surface area contributed by atoms with Gasteiger partial charge in [-0.25, -0.2) is 4.39 Å². The summed E-state index contributed by atoms with van der Waals surface area (Å²) < 4.78 is 29.8. The van der Waals surface area contributed by atoms with Crippen LogP contribution in [-0.2, 0) is 0 Å². The maximum absolute atomic E-state index is 13.1. The third-order valence-corrected chi connectivity index (χ3v) is 5.63. The number of aliphatic hydroxyl groups is 1. The molecule has 1 aromatic heterocycles. The first-order valence-corrected chi connectivity index (χ1v) is 11.2. The molecule has 0 bridgehead atoms. The Morgan fingerprint density at radius 1 is 1.29 bits per heavy atom. The van der Waals surface area contributed by atoms with Crippen molar-refractivity contribution in [3.8, 4) is 11.5 Å². The molecule has 9 heteroatoms. The number of carbonyl (C=O) groups is 1. The summed E-state index contributed by atoms with van der Waals surface area (Å²) in [4.78, 5) is 14.6. The molecule has 2 unspecified atom stereocenters. The van der Waals surface area contributed by atoms with Crippen molar-refractivity contribution in [3.63, 3.8) is 0 Å². The number of hydrogen-bond acceptors (Lipinski definition) is 7. The van der Waals surface area contributed by atoms with Crippen LogP contribution in [0.5, 0.6) is 11.5 Å². The first-order valence-electron chi connectivity index (χ1n) is 11.2. The number of halogens is 1. The first kappa shape index (κ1) is 23.7. The Bertz CT molecular complexity index is 1120. The number of β-amino-alcohol motifs (C(OH)–C–C–N with tert-alkyl or cyclic N) is 1. The predicted molar refractivity (Wildman–Crippen MR) is 124 cm³/mol. The van der Waals surface area contributed by atoms with E-state index in [1.54, 1.807) is 25.1 Å². The fraction of sp³-hybridized carbons (Fsp3) is 0.360. The molecule has 1 aliphatic rings. The molecule has 1 aliphatic heterocycles. The average Bonchev–Trinajstić information content (AvgIpc) is 3.44. The van der Waals surface area contributed by atoms with Crippen LogP contribution in [0.4, 0.5) is 10.1 Å². The number of aryl methyl sites for hydroxylation is 2. The summed E-state index contributed by atoms with van der Waals surface area (Å²) in [7, 11) is 0. The zero-order valence-electron chi connectivity index (χ0n) is 19.2. The summed E-state index contributed by atoms with van der Waals surface area (Å²) in [5.41, 5.74) is 1.80. The number of ether oxygens (including phenoxy) is 2. The van der Waals surface area contributed by atoms with Crippen molar-refractivity contribution >= 4 is 11.6 Å². The lowest BCUT2D eigenvalue weighted by Gasteiger charge is -2.21. The number of likely N-dealkylation sites (tertiary alicyclic amines) is 1. The SMILES string of the molecule is Cc1ccc(NC(=O)c2cnoc2C)c(OCC(O)CN2CCC(Oc3ccc(F)cc3)C2)c1. The van der Waals surface area contributed by atoms with Crippen molar-refractivity contribution in [2.45, 2.75) is 32.5 Å². The lowest BCUT2D eigenvalue weighted by Crippen LogP contribution is -2.35. The highest BCUT2D eigenvalue weighted by Crippen LogP contribution is 2.27. The van der Waals surface area contributed by atoms with Crippen LogP contribution < -0.4 is 14.8 Å². The van der Waals surface area contributed by atoms with Crippen LogP contribution in [0.15, 0.2) is 53.2 Å². The molecular formula is C25H28FN3O5. The van der Waals surface area contributed by atoms with Crippen molar-refractivity contribution in [2.24, 2.45) is 0 Å². The van der Waals surface area contributed by atoms with Crippen molar-refractivity contribution in [3.05, 3.63) is 71.4 Å². The summed E-state index contributed by atoms with van der Waals surface area (Å²) in [6, 6.07) is 11.4. The van der Waals surface area contributed by atoms with Gasteiger partial charge < -0.3 is 24.4 Å². The number of hydrogen-bond donors (Lipinski definition) is 2. The smallest absolute Gasteiger partial charge is 0.260 e. The zero-order valence-corrected chi connectivity index (χ0v) is 19.2. The van der Waals surface area contributed by atoms with Gasteiger partial charge in [-0.05, 0) is 62.2 Å². The normalized spacial score (nSPS) is 16.9. The Labute approximate surface area is 197 Å². The maximum Gasteiger partial charge on any atom is 0.260 e. The van der Waals surface area contributed by atoms with Crippen LogP contribution in [0.1, 0.15) is 28.1 Å². The molecule has 2 atom stereocenters. The Hall–Kier alpha value is -3.43. The third kappa shape index (κ3) is 6.12. The molecule has 2 N–H and O–H groups in total. The number of nitrogens with zero attached hydrogens (tertiary/aromatic N) is 2. The molecule has 0 spiro atoms. The number of rotatable bonds is 9. The van der Waals surface area contributed by atoms with Gasteiger partial charge in [0.25, 0.3) is 5.91 Å². The van der Waals surface area contributed by atoms with E-state index in [4.69, 9.17) is 14.0 Å². The lowest BCUT2D eigenvalue weighted by atomic mass is 10.2. The average molecular weight is 470 g/mol. The van der Waals surface area contributed by atoms with Crippen LogP contribution in [0.2, 0.25) is 0 Å². The lowest BCUT2D eigenvalue weighted by molar-refractivity contribution is 0.0722. The summed E-state index contributed by atoms with van der Waals surface area (Å²) in [6.45, 7) is 5.53. The quantitative estimate of drug-likeness (QED) is 0.494. The molecule has 3 aromatic rings. The van der Waals surface area contributed by atoms with Gasteiger partial charge in [-0.3, -0.25) is 9.69 Å². The molecule has 4 rings (SSSR count). The number of anilines is 1. The minimum absolute atomic E-state index is 0.0157.